The van der Waals surface area contributed by atoms with Crippen molar-refractivity contribution in [2.75, 3.05) is 7.11 Å². The van der Waals surface area contributed by atoms with Gasteiger partial charge in [0.15, 0.2) is 4.77 Å². The third kappa shape index (κ3) is 1.88. The van der Waals surface area contributed by atoms with Crippen LogP contribution in [0.25, 0.3) is 5.69 Å². The van der Waals surface area contributed by atoms with E-state index in [1.807, 2.05) is 36.7 Å². The van der Waals surface area contributed by atoms with Crippen LogP contribution < -0.4 is 4.74 Å². The second kappa shape index (κ2) is 4.14. The van der Waals surface area contributed by atoms with Crippen LogP contribution in [0.4, 0.5) is 0 Å². The van der Waals surface area contributed by atoms with Gasteiger partial charge in [0.1, 0.15) is 5.75 Å². The molecule has 3 nitrogen and oxygen atoms in total. The highest BCUT2D eigenvalue weighted by atomic mass is 32.1. The number of H-pyrrole nitrogens is 1. The summed E-state index contributed by atoms with van der Waals surface area (Å²) >= 11 is 5.24. The smallest absolute Gasteiger partial charge is 0.181 e. The van der Waals surface area contributed by atoms with Gasteiger partial charge in [-0.15, -0.1) is 0 Å². The molecule has 0 aliphatic heterocycles. The van der Waals surface area contributed by atoms with Gasteiger partial charge in [-0.05, 0) is 49.8 Å². The summed E-state index contributed by atoms with van der Waals surface area (Å²) in [7, 11) is 1.67. The number of aromatic nitrogens is 2. The van der Waals surface area contributed by atoms with E-state index in [1.54, 1.807) is 7.11 Å². The molecule has 2 rings (SSSR count). The average Bonchev–Trinajstić information content (AvgIpc) is 2.58. The maximum Gasteiger partial charge on any atom is 0.181 e. The van der Waals surface area contributed by atoms with Gasteiger partial charge in [-0.25, -0.2) is 0 Å². The van der Waals surface area contributed by atoms with E-state index < -0.39 is 0 Å². The molecule has 0 fully saturated rings. The van der Waals surface area contributed by atoms with E-state index in [4.69, 9.17) is 17.0 Å². The minimum absolute atomic E-state index is 0.710. The van der Waals surface area contributed by atoms with Gasteiger partial charge in [-0.1, -0.05) is 0 Å². The quantitative estimate of drug-likeness (QED) is 0.809. The Hall–Kier alpha value is -1.55. The number of hydrogen-bond acceptors (Lipinski definition) is 2. The van der Waals surface area contributed by atoms with Crippen LogP contribution in [0, 0.1) is 18.6 Å². The summed E-state index contributed by atoms with van der Waals surface area (Å²) in [5.74, 6) is 0.891. The van der Waals surface area contributed by atoms with Crippen LogP contribution in [0.15, 0.2) is 24.4 Å². The van der Waals surface area contributed by atoms with Crippen LogP contribution in [0.5, 0.6) is 5.75 Å². The van der Waals surface area contributed by atoms with Gasteiger partial charge in [0.2, 0.25) is 0 Å². The van der Waals surface area contributed by atoms with Gasteiger partial charge in [-0.2, -0.15) is 0 Å². The van der Waals surface area contributed by atoms with Gasteiger partial charge >= 0.3 is 0 Å². The lowest BCUT2D eigenvalue weighted by Crippen LogP contribution is -1.94. The SMILES string of the molecule is COc1ccc(-n2cc(C)[nH]c2=S)cc1C. The second-order valence-corrected chi connectivity index (χ2v) is 4.15. The number of ether oxygens (including phenoxy) is 1. The predicted molar refractivity (Wildman–Crippen MR) is 67.0 cm³/mol. The minimum Gasteiger partial charge on any atom is -0.496 e. The minimum atomic E-state index is 0.710. The van der Waals surface area contributed by atoms with Crippen molar-refractivity contribution in [1.29, 1.82) is 0 Å². The first-order chi connectivity index (χ1) is 7.61. The Morgan fingerprint density at radius 3 is 2.56 bits per heavy atom. The van der Waals surface area contributed by atoms with Crippen molar-refractivity contribution >= 4 is 12.2 Å². The molecule has 0 unspecified atom stereocenters. The highest BCUT2D eigenvalue weighted by molar-refractivity contribution is 7.71. The van der Waals surface area contributed by atoms with E-state index in [0.717, 1.165) is 22.7 Å². The van der Waals surface area contributed by atoms with Crippen molar-refractivity contribution in [2.45, 2.75) is 13.8 Å². The molecule has 0 aliphatic carbocycles. The standard InChI is InChI=1S/C12H14N2OS/c1-8-6-10(4-5-11(8)15-3)14-7-9(2)13-12(14)16/h4-7H,1-3H3,(H,13,16). The van der Waals surface area contributed by atoms with Crippen molar-refractivity contribution in [3.05, 3.63) is 40.4 Å². The molecule has 0 amide bonds. The first-order valence-electron chi connectivity index (χ1n) is 5.05. The summed E-state index contributed by atoms with van der Waals surface area (Å²) < 4.78 is 7.89. The van der Waals surface area contributed by atoms with Gasteiger partial charge in [0.05, 0.1) is 7.11 Å². The van der Waals surface area contributed by atoms with Gasteiger partial charge in [0, 0.05) is 17.6 Å². The number of benzene rings is 1. The molecule has 4 heteroatoms. The van der Waals surface area contributed by atoms with Crippen LogP contribution in [-0.4, -0.2) is 16.7 Å². The number of nitrogens with one attached hydrogen (secondary N) is 1. The normalized spacial score (nSPS) is 10.4. The molecule has 0 aliphatic rings. The number of hydrogen-bond donors (Lipinski definition) is 1. The Kier molecular flexibility index (Phi) is 2.83. The van der Waals surface area contributed by atoms with E-state index in [0.29, 0.717) is 4.77 Å². The fourth-order valence-electron chi connectivity index (χ4n) is 1.72. The van der Waals surface area contributed by atoms with Crippen LogP contribution >= 0.6 is 12.2 Å². The van der Waals surface area contributed by atoms with E-state index in [9.17, 15) is 0 Å². The zero-order chi connectivity index (χ0) is 11.7. The van der Waals surface area contributed by atoms with E-state index in [2.05, 4.69) is 11.1 Å². The molecule has 0 bridgehead atoms. The molecule has 1 heterocycles. The first kappa shape index (κ1) is 11.0. The molecule has 1 aromatic carbocycles. The van der Waals surface area contributed by atoms with Crippen molar-refractivity contribution < 1.29 is 4.74 Å². The number of methoxy groups -OCH3 is 1. The summed E-state index contributed by atoms with van der Waals surface area (Å²) in [5.41, 5.74) is 3.20. The number of aryl methyl sites for hydroxylation is 2. The van der Waals surface area contributed by atoms with Crippen molar-refractivity contribution in [3.8, 4) is 11.4 Å². The number of rotatable bonds is 2. The second-order valence-electron chi connectivity index (χ2n) is 3.77. The third-order valence-corrected chi connectivity index (χ3v) is 2.80. The lowest BCUT2D eigenvalue weighted by molar-refractivity contribution is 0.411. The van der Waals surface area contributed by atoms with E-state index in [-0.39, 0.29) is 0 Å². The summed E-state index contributed by atoms with van der Waals surface area (Å²) in [4.78, 5) is 3.10. The molecule has 84 valence electrons. The van der Waals surface area contributed by atoms with Gasteiger partial charge in [0.25, 0.3) is 0 Å². The average molecular weight is 234 g/mol. The number of nitrogens with zero attached hydrogens (tertiary/aromatic N) is 1. The summed E-state index contributed by atoms with van der Waals surface area (Å²) in [6.45, 7) is 4.01. The monoisotopic (exact) mass is 234 g/mol. The molecule has 1 N–H and O–H groups in total. The molecule has 0 saturated heterocycles. The molecule has 0 atom stereocenters. The lowest BCUT2D eigenvalue weighted by atomic mass is 10.2. The van der Waals surface area contributed by atoms with Crippen molar-refractivity contribution in [1.82, 2.24) is 9.55 Å². The number of imidazole rings is 1. The van der Waals surface area contributed by atoms with Crippen LogP contribution in [-0.2, 0) is 0 Å². The van der Waals surface area contributed by atoms with Crippen LogP contribution in [0.3, 0.4) is 0 Å². The summed E-state index contributed by atoms with van der Waals surface area (Å²) in [6.07, 6.45) is 1.99. The van der Waals surface area contributed by atoms with Crippen molar-refractivity contribution in [2.24, 2.45) is 0 Å². The molecule has 1 aromatic heterocycles. The number of aromatic amines is 1. The molecule has 0 saturated carbocycles. The first-order valence-corrected chi connectivity index (χ1v) is 5.46. The third-order valence-electron chi connectivity index (χ3n) is 2.50. The fraction of sp³-hybridized carbons (Fsp3) is 0.250. The Balaban J connectivity index is 2.53. The van der Waals surface area contributed by atoms with Crippen LogP contribution in [0.2, 0.25) is 0 Å². The van der Waals surface area contributed by atoms with Gasteiger partial charge < -0.3 is 9.72 Å². The zero-order valence-electron chi connectivity index (χ0n) is 9.57. The fourth-order valence-corrected chi connectivity index (χ4v) is 2.04. The highest BCUT2D eigenvalue weighted by Gasteiger charge is 2.03. The van der Waals surface area contributed by atoms with Gasteiger partial charge in [-0.3, -0.25) is 4.57 Å². The largest absolute Gasteiger partial charge is 0.496 e. The molecule has 16 heavy (non-hydrogen) atoms. The Morgan fingerprint density at radius 1 is 1.31 bits per heavy atom. The van der Waals surface area contributed by atoms with Crippen LogP contribution in [0.1, 0.15) is 11.3 Å². The van der Waals surface area contributed by atoms with Crippen molar-refractivity contribution in [3.63, 3.8) is 0 Å². The topological polar surface area (TPSA) is 29.9 Å². The molecular formula is C12H14N2OS. The maximum atomic E-state index is 5.24. The van der Waals surface area contributed by atoms with E-state index >= 15 is 0 Å². The molecule has 0 radical (unpaired) electrons. The Morgan fingerprint density at radius 2 is 2.06 bits per heavy atom. The van der Waals surface area contributed by atoms with E-state index in [1.165, 1.54) is 0 Å². The Bertz CT molecular complexity index is 569. The molecule has 2 aromatic rings. The molecule has 0 spiro atoms. The lowest BCUT2D eigenvalue weighted by Gasteiger charge is -2.07. The maximum absolute atomic E-state index is 5.24. The summed E-state index contributed by atoms with van der Waals surface area (Å²) in [5, 5.41) is 0. The molecular weight excluding hydrogens is 220 g/mol. The summed E-state index contributed by atoms with van der Waals surface area (Å²) in [6, 6.07) is 6.01. The zero-order valence-corrected chi connectivity index (χ0v) is 10.4. The Labute approximate surface area is 99.7 Å². The predicted octanol–water partition coefficient (Wildman–Crippen LogP) is 3.16. The highest BCUT2D eigenvalue weighted by Crippen LogP contribution is 2.21.